The van der Waals surface area contributed by atoms with Crippen molar-refractivity contribution >= 4 is 11.9 Å². The fraction of sp³-hybridized carbons (Fsp3) is 0.828. The lowest BCUT2D eigenvalue weighted by molar-refractivity contribution is -0.305. The molecule has 0 spiro atoms. The van der Waals surface area contributed by atoms with Gasteiger partial charge in [0.05, 0.1) is 25.4 Å². The van der Waals surface area contributed by atoms with Crippen molar-refractivity contribution < 1.29 is 49.3 Å². The molecule has 0 radical (unpaired) electrons. The van der Waals surface area contributed by atoms with Gasteiger partial charge in [-0.15, -0.1) is 0 Å². The van der Waals surface area contributed by atoms with E-state index in [1.54, 1.807) is 6.08 Å². The van der Waals surface area contributed by atoms with Crippen molar-refractivity contribution in [2.75, 3.05) is 13.2 Å². The average molecular weight is 976 g/mol. The van der Waals surface area contributed by atoms with Crippen molar-refractivity contribution in [3.05, 3.63) is 48.6 Å². The number of unbranched alkanes of at least 4 members (excludes halogenated alkanes) is 27. The van der Waals surface area contributed by atoms with Gasteiger partial charge >= 0.3 is 5.97 Å². The molecule has 1 heterocycles. The molecule has 1 fully saturated rings. The molecule has 11 heteroatoms. The van der Waals surface area contributed by atoms with Crippen molar-refractivity contribution in [1.29, 1.82) is 0 Å². The van der Waals surface area contributed by atoms with E-state index in [2.05, 4.69) is 62.5 Å². The summed E-state index contributed by atoms with van der Waals surface area (Å²) < 4.78 is 17.6. The number of hydrogen-bond donors (Lipinski definition) is 6. The van der Waals surface area contributed by atoms with Crippen LogP contribution in [-0.4, -0.2) is 99.6 Å². The third-order valence-corrected chi connectivity index (χ3v) is 13.2. The van der Waals surface area contributed by atoms with Crippen LogP contribution in [0.1, 0.15) is 245 Å². The molecule has 1 aliphatic heterocycles. The molecule has 69 heavy (non-hydrogen) atoms. The summed E-state index contributed by atoms with van der Waals surface area (Å²) in [6.45, 7) is 5.65. The summed E-state index contributed by atoms with van der Waals surface area (Å²) in [5.41, 5.74) is 0. The smallest absolute Gasteiger partial charge is 0.306 e. The van der Waals surface area contributed by atoms with Crippen molar-refractivity contribution in [2.24, 2.45) is 0 Å². The van der Waals surface area contributed by atoms with Crippen molar-refractivity contribution in [3.8, 4) is 0 Å². The van der Waals surface area contributed by atoms with Gasteiger partial charge in [0.25, 0.3) is 0 Å². The van der Waals surface area contributed by atoms with E-state index in [1.165, 1.54) is 96.3 Å². The summed E-state index contributed by atoms with van der Waals surface area (Å²) in [7, 11) is 0. The minimum Gasteiger partial charge on any atom is -0.454 e. The molecule has 0 aromatic rings. The summed E-state index contributed by atoms with van der Waals surface area (Å²) in [4.78, 5) is 26.4. The van der Waals surface area contributed by atoms with Crippen LogP contribution in [0.3, 0.4) is 0 Å². The number of hydrogen-bond acceptors (Lipinski definition) is 10. The minimum absolute atomic E-state index is 0.118. The van der Waals surface area contributed by atoms with E-state index in [0.717, 1.165) is 103 Å². The second kappa shape index (κ2) is 46.7. The maximum absolute atomic E-state index is 13.3. The molecular weight excluding hydrogens is 871 g/mol. The predicted octanol–water partition coefficient (Wildman–Crippen LogP) is 12.5. The van der Waals surface area contributed by atoms with Gasteiger partial charge in [-0.3, -0.25) is 9.59 Å². The minimum atomic E-state index is -1.61. The summed E-state index contributed by atoms with van der Waals surface area (Å²) in [5, 5.41) is 56.7. The number of allylic oxidation sites excluding steroid dienone is 7. The second-order valence-corrected chi connectivity index (χ2v) is 19.6. The lowest BCUT2D eigenvalue weighted by Crippen LogP contribution is -2.61. The highest BCUT2D eigenvalue weighted by Crippen LogP contribution is 2.26. The molecule has 0 aromatic carbocycles. The molecule has 8 unspecified atom stereocenters. The highest BCUT2D eigenvalue weighted by molar-refractivity contribution is 5.80. The van der Waals surface area contributed by atoms with E-state index in [-0.39, 0.29) is 19.4 Å². The predicted molar refractivity (Wildman–Crippen MR) is 283 cm³/mol. The van der Waals surface area contributed by atoms with Crippen LogP contribution in [0.15, 0.2) is 48.6 Å². The zero-order valence-electron chi connectivity index (χ0n) is 44.2. The van der Waals surface area contributed by atoms with Gasteiger partial charge in [-0.25, -0.2) is 0 Å². The maximum atomic E-state index is 13.3. The number of ether oxygens (including phenoxy) is 3. The Morgan fingerprint density at radius 1 is 0.580 bits per heavy atom. The first-order valence-electron chi connectivity index (χ1n) is 28.4. The fourth-order valence-electron chi connectivity index (χ4n) is 8.68. The zero-order chi connectivity index (χ0) is 50.4. The lowest BCUT2D eigenvalue weighted by Gasteiger charge is -2.41. The van der Waals surface area contributed by atoms with Crippen molar-refractivity contribution in [1.82, 2.24) is 5.32 Å². The monoisotopic (exact) mass is 976 g/mol. The molecule has 1 saturated heterocycles. The van der Waals surface area contributed by atoms with Crippen molar-refractivity contribution in [3.63, 3.8) is 0 Å². The Bertz CT molecular complexity index is 1300. The highest BCUT2D eigenvalue weighted by Gasteiger charge is 2.47. The van der Waals surface area contributed by atoms with Gasteiger partial charge in [0, 0.05) is 6.42 Å². The third-order valence-electron chi connectivity index (χ3n) is 13.2. The van der Waals surface area contributed by atoms with Gasteiger partial charge in [-0.2, -0.15) is 0 Å². The quantitative estimate of drug-likeness (QED) is 0.0196. The van der Waals surface area contributed by atoms with Crippen molar-refractivity contribution in [2.45, 2.75) is 294 Å². The van der Waals surface area contributed by atoms with E-state index in [4.69, 9.17) is 14.2 Å². The molecule has 402 valence electrons. The fourth-order valence-corrected chi connectivity index (χ4v) is 8.68. The van der Waals surface area contributed by atoms with E-state index in [1.807, 2.05) is 6.08 Å². The van der Waals surface area contributed by atoms with Gasteiger partial charge in [-0.05, 0) is 77.0 Å². The molecule has 6 N–H and O–H groups in total. The number of aliphatic hydroxyl groups excluding tert-OH is 5. The van der Waals surface area contributed by atoms with Gasteiger partial charge in [-0.1, -0.05) is 211 Å². The molecule has 8 atom stereocenters. The van der Waals surface area contributed by atoms with Crippen LogP contribution in [0.5, 0.6) is 0 Å². The summed E-state index contributed by atoms with van der Waals surface area (Å²) >= 11 is 0. The Balaban J connectivity index is 2.74. The molecule has 1 aliphatic rings. The standard InChI is InChI=1S/C58H105NO10/c1-4-7-10-13-16-19-22-25-26-28-31-34-37-40-43-46-53(63)69-56-55(65)54(64)52(47-60)68-58(56)67-48-49(50(61)44-41-38-35-32-29-24-21-18-15-12-9-6-3)59-57(66)51(62)45-42-39-36-33-30-27-23-20-17-14-11-8-5-2/h8,11,17,19-20,22,41,44,49-52,54-56,58,60-62,64-65H,4-7,9-10,12-16,18,21,23-40,42-43,45-48H2,1-3H3,(H,59,66)/b11-8+,20-17+,22-19-,44-41+. The second-order valence-electron chi connectivity index (χ2n) is 19.6. The van der Waals surface area contributed by atoms with Crippen LogP contribution >= 0.6 is 0 Å². The highest BCUT2D eigenvalue weighted by atomic mass is 16.7. The lowest BCUT2D eigenvalue weighted by atomic mass is 9.99. The molecule has 1 amide bonds. The Kier molecular flexibility index (Phi) is 43.7. The summed E-state index contributed by atoms with van der Waals surface area (Å²) in [5.74, 6) is -1.21. The van der Waals surface area contributed by atoms with Gasteiger partial charge in [0.1, 0.15) is 24.4 Å². The summed E-state index contributed by atoms with van der Waals surface area (Å²) in [6.07, 6.45) is 44.4. The molecule has 0 bridgehead atoms. The first-order valence-corrected chi connectivity index (χ1v) is 28.4. The molecular formula is C58H105NO10. The Morgan fingerprint density at radius 3 is 1.58 bits per heavy atom. The van der Waals surface area contributed by atoms with Crippen LogP contribution in [0.2, 0.25) is 0 Å². The van der Waals surface area contributed by atoms with E-state index in [9.17, 15) is 35.1 Å². The normalized spacial score (nSPS) is 20.1. The van der Waals surface area contributed by atoms with Crippen LogP contribution < -0.4 is 5.32 Å². The Labute approximate surface area is 421 Å². The van der Waals surface area contributed by atoms with Crippen LogP contribution in [0.4, 0.5) is 0 Å². The number of aliphatic hydroxyl groups is 5. The zero-order valence-corrected chi connectivity index (χ0v) is 44.2. The van der Waals surface area contributed by atoms with Crippen LogP contribution in [0.25, 0.3) is 0 Å². The third kappa shape index (κ3) is 35.4. The number of carbonyl (C=O) groups excluding carboxylic acids is 2. The molecule has 0 aromatic heterocycles. The molecule has 0 saturated carbocycles. The number of carbonyl (C=O) groups is 2. The molecule has 1 rings (SSSR count). The average Bonchev–Trinajstić information content (AvgIpc) is 3.34. The first-order chi connectivity index (χ1) is 33.7. The number of amides is 1. The van der Waals surface area contributed by atoms with E-state index < -0.39 is 67.4 Å². The van der Waals surface area contributed by atoms with Crippen LogP contribution in [0, 0.1) is 0 Å². The number of esters is 1. The molecule has 11 nitrogen and oxygen atoms in total. The first kappa shape index (κ1) is 64.6. The summed E-state index contributed by atoms with van der Waals surface area (Å²) in [6, 6.07) is -1.03. The Hall–Kier alpha value is -2.38. The maximum Gasteiger partial charge on any atom is 0.306 e. The Morgan fingerprint density at radius 2 is 1.04 bits per heavy atom. The molecule has 0 aliphatic carbocycles. The van der Waals surface area contributed by atoms with Crippen LogP contribution in [-0.2, 0) is 23.8 Å². The largest absolute Gasteiger partial charge is 0.454 e. The van der Waals surface area contributed by atoms with E-state index >= 15 is 0 Å². The van der Waals surface area contributed by atoms with Gasteiger partial charge in [0.15, 0.2) is 12.4 Å². The van der Waals surface area contributed by atoms with Gasteiger partial charge in [0.2, 0.25) is 5.91 Å². The topological polar surface area (TPSA) is 175 Å². The number of rotatable bonds is 47. The SMILES string of the molecule is CC/C=C/C/C=C/CCCCCCCCC(O)C(=O)NC(COC1OC(CO)C(O)C(O)C1OC(=O)CCCCCCCCC/C=C\CCCCCC)C(O)/C=C/CCCCCCCCCCCC. The van der Waals surface area contributed by atoms with E-state index in [0.29, 0.717) is 12.8 Å². The van der Waals surface area contributed by atoms with Gasteiger partial charge < -0.3 is 45.1 Å². The number of nitrogens with one attached hydrogen (secondary N) is 1.